The van der Waals surface area contributed by atoms with Gasteiger partial charge < -0.3 is 5.11 Å². The predicted octanol–water partition coefficient (Wildman–Crippen LogP) is 1.55. The van der Waals surface area contributed by atoms with Crippen molar-refractivity contribution in [2.75, 3.05) is 0 Å². The minimum atomic E-state index is -1.15. The highest BCUT2D eigenvalue weighted by molar-refractivity contribution is 5.86. The fraction of sp³-hybridized carbons (Fsp3) is 0.250. The van der Waals surface area contributed by atoms with Gasteiger partial charge in [0, 0.05) is 11.6 Å². The van der Waals surface area contributed by atoms with Gasteiger partial charge in [-0.1, -0.05) is 17.3 Å². The fourth-order valence-corrected chi connectivity index (χ4v) is 1.91. The van der Waals surface area contributed by atoms with Gasteiger partial charge in [-0.25, -0.2) is 9.48 Å². The first-order valence-corrected chi connectivity index (χ1v) is 5.78. The van der Waals surface area contributed by atoms with Crippen LogP contribution in [-0.4, -0.2) is 31.0 Å². The summed E-state index contributed by atoms with van der Waals surface area (Å²) < 4.78 is 1.41. The van der Waals surface area contributed by atoms with Crippen molar-refractivity contribution >= 4 is 11.7 Å². The van der Waals surface area contributed by atoms with Crippen molar-refractivity contribution < 1.29 is 14.8 Å². The lowest BCUT2D eigenvalue weighted by Crippen LogP contribution is -2.07. The first-order valence-electron chi connectivity index (χ1n) is 5.78. The number of hydrogen-bond donors (Lipinski definition) is 1. The minimum absolute atomic E-state index is 0.0266. The van der Waals surface area contributed by atoms with E-state index in [1.165, 1.54) is 10.7 Å². The second kappa shape index (κ2) is 5.08. The Balaban J connectivity index is 2.38. The number of aromatic nitrogens is 3. The average molecular weight is 276 g/mol. The van der Waals surface area contributed by atoms with Crippen LogP contribution in [0.5, 0.6) is 0 Å². The average Bonchev–Trinajstić information content (AvgIpc) is 2.73. The van der Waals surface area contributed by atoms with E-state index in [1.807, 2.05) is 0 Å². The molecule has 0 aliphatic rings. The zero-order valence-electron chi connectivity index (χ0n) is 10.9. The molecule has 0 fully saturated rings. The van der Waals surface area contributed by atoms with Crippen LogP contribution < -0.4 is 0 Å². The van der Waals surface area contributed by atoms with Gasteiger partial charge in [0.05, 0.1) is 17.2 Å². The van der Waals surface area contributed by atoms with Crippen molar-refractivity contribution in [2.24, 2.45) is 0 Å². The summed E-state index contributed by atoms with van der Waals surface area (Å²) in [4.78, 5) is 21.3. The fourth-order valence-electron chi connectivity index (χ4n) is 1.91. The number of carboxylic acid groups (broad SMARTS) is 1. The molecule has 2 aromatic rings. The normalized spacial score (nSPS) is 10.5. The lowest BCUT2D eigenvalue weighted by atomic mass is 10.1. The first kappa shape index (κ1) is 13.7. The van der Waals surface area contributed by atoms with E-state index >= 15 is 0 Å². The highest BCUT2D eigenvalue weighted by atomic mass is 16.6. The molecule has 104 valence electrons. The van der Waals surface area contributed by atoms with Gasteiger partial charge in [-0.2, -0.15) is 0 Å². The molecule has 0 unspecified atom stereocenters. The van der Waals surface area contributed by atoms with Crippen LogP contribution in [0.25, 0.3) is 0 Å². The van der Waals surface area contributed by atoms with Gasteiger partial charge in [0.25, 0.3) is 5.69 Å². The van der Waals surface area contributed by atoms with E-state index in [9.17, 15) is 14.9 Å². The second-order valence-corrected chi connectivity index (χ2v) is 4.30. The van der Waals surface area contributed by atoms with Crippen LogP contribution in [0, 0.1) is 24.0 Å². The molecule has 1 N–H and O–H groups in total. The Kier molecular flexibility index (Phi) is 3.47. The van der Waals surface area contributed by atoms with Crippen LogP contribution in [0.3, 0.4) is 0 Å². The van der Waals surface area contributed by atoms with E-state index in [-0.39, 0.29) is 17.9 Å². The van der Waals surface area contributed by atoms with Crippen molar-refractivity contribution in [3.05, 3.63) is 50.8 Å². The molecule has 0 saturated heterocycles. The van der Waals surface area contributed by atoms with Crippen molar-refractivity contribution in [3.63, 3.8) is 0 Å². The molecule has 2 rings (SSSR count). The molecule has 0 spiro atoms. The van der Waals surface area contributed by atoms with E-state index in [2.05, 4.69) is 10.3 Å². The van der Waals surface area contributed by atoms with E-state index in [1.54, 1.807) is 26.0 Å². The summed E-state index contributed by atoms with van der Waals surface area (Å²) in [6, 6.07) is 4.75. The van der Waals surface area contributed by atoms with Crippen LogP contribution in [0.1, 0.15) is 27.3 Å². The standard InChI is InChI=1S/C12H12N4O4/c1-7-9(4-3-5-10(7)16(19)20)6-15-8(2)11(12(17)18)13-14-15/h3-5H,6H2,1-2H3,(H,17,18). The van der Waals surface area contributed by atoms with Crippen molar-refractivity contribution in [1.82, 2.24) is 15.0 Å². The Bertz CT molecular complexity index is 693. The number of nitro benzene ring substituents is 1. The Hall–Kier alpha value is -2.77. The zero-order chi connectivity index (χ0) is 14.9. The smallest absolute Gasteiger partial charge is 0.358 e. The lowest BCUT2D eigenvalue weighted by Gasteiger charge is -2.07. The number of aromatic carboxylic acids is 1. The van der Waals surface area contributed by atoms with Crippen LogP contribution in [-0.2, 0) is 6.54 Å². The minimum Gasteiger partial charge on any atom is -0.476 e. The van der Waals surface area contributed by atoms with Gasteiger partial charge in [-0.15, -0.1) is 5.10 Å². The first-order chi connectivity index (χ1) is 9.41. The molecule has 8 nitrogen and oxygen atoms in total. The third-order valence-electron chi connectivity index (χ3n) is 3.12. The van der Waals surface area contributed by atoms with Crippen LogP contribution >= 0.6 is 0 Å². The third-order valence-corrected chi connectivity index (χ3v) is 3.12. The molecule has 0 radical (unpaired) electrons. The Morgan fingerprint density at radius 3 is 2.70 bits per heavy atom. The molecule has 8 heteroatoms. The number of hydrogen-bond acceptors (Lipinski definition) is 5. The summed E-state index contributed by atoms with van der Waals surface area (Å²) in [5.74, 6) is -1.15. The third kappa shape index (κ3) is 2.35. The maximum absolute atomic E-state index is 10.9. The maximum Gasteiger partial charge on any atom is 0.358 e. The molecular weight excluding hydrogens is 264 g/mol. The van der Waals surface area contributed by atoms with Gasteiger partial charge in [0.1, 0.15) is 0 Å². The molecule has 1 aromatic heterocycles. The van der Waals surface area contributed by atoms with Gasteiger partial charge in [0.2, 0.25) is 0 Å². The highest BCUT2D eigenvalue weighted by Crippen LogP contribution is 2.22. The SMILES string of the molecule is Cc1c(Cn2nnc(C(=O)O)c2C)cccc1[N+](=O)[O-]. The number of rotatable bonds is 4. The van der Waals surface area contributed by atoms with E-state index in [4.69, 9.17) is 5.11 Å². The van der Waals surface area contributed by atoms with Gasteiger partial charge in [-0.3, -0.25) is 10.1 Å². The molecule has 1 aromatic carbocycles. The molecular formula is C12H12N4O4. The molecule has 20 heavy (non-hydrogen) atoms. The number of carbonyl (C=O) groups is 1. The van der Waals surface area contributed by atoms with Crippen LogP contribution in [0.15, 0.2) is 18.2 Å². The molecule has 0 amide bonds. The van der Waals surface area contributed by atoms with Gasteiger partial charge in [0.15, 0.2) is 5.69 Å². The van der Waals surface area contributed by atoms with Crippen molar-refractivity contribution in [1.29, 1.82) is 0 Å². The summed E-state index contributed by atoms with van der Waals surface area (Å²) in [6.45, 7) is 3.48. The monoisotopic (exact) mass is 276 g/mol. The molecule has 0 atom stereocenters. The quantitative estimate of drug-likeness (QED) is 0.669. The molecule has 1 heterocycles. The second-order valence-electron chi connectivity index (χ2n) is 4.30. The van der Waals surface area contributed by atoms with Crippen LogP contribution in [0.2, 0.25) is 0 Å². The highest BCUT2D eigenvalue weighted by Gasteiger charge is 2.18. The summed E-state index contributed by atoms with van der Waals surface area (Å²) in [7, 11) is 0. The summed E-state index contributed by atoms with van der Waals surface area (Å²) >= 11 is 0. The Morgan fingerprint density at radius 1 is 1.45 bits per heavy atom. The molecule has 0 aliphatic heterocycles. The van der Waals surface area contributed by atoms with Gasteiger partial charge >= 0.3 is 5.97 Å². The summed E-state index contributed by atoms with van der Waals surface area (Å²) in [5, 5.41) is 27.1. The van der Waals surface area contributed by atoms with E-state index < -0.39 is 10.9 Å². The number of carboxylic acids is 1. The molecule has 0 saturated carbocycles. The predicted molar refractivity (Wildman–Crippen MR) is 68.7 cm³/mol. The molecule has 0 aliphatic carbocycles. The van der Waals surface area contributed by atoms with Gasteiger partial charge in [-0.05, 0) is 19.4 Å². The Morgan fingerprint density at radius 2 is 2.15 bits per heavy atom. The Labute approximate surface area is 113 Å². The lowest BCUT2D eigenvalue weighted by molar-refractivity contribution is -0.385. The van der Waals surface area contributed by atoms with Crippen LogP contribution in [0.4, 0.5) is 5.69 Å². The van der Waals surface area contributed by atoms with Crippen molar-refractivity contribution in [3.8, 4) is 0 Å². The summed E-state index contributed by atoms with van der Waals surface area (Å²) in [6.07, 6.45) is 0. The number of nitro groups is 1. The topological polar surface area (TPSA) is 111 Å². The summed E-state index contributed by atoms with van der Waals surface area (Å²) in [5.41, 5.74) is 1.55. The maximum atomic E-state index is 10.9. The molecule has 0 bridgehead atoms. The largest absolute Gasteiger partial charge is 0.476 e. The van der Waals surface area contributed by atoms with E-state index in [0.29, 0.717) is 16.8 Å². The van der Waals surface area contributed by atoms with Crippen molar-refractivity contribution in [2.45, 2.75) is 20.4 Å². The van der Waals surface area contributed by atoms with E-state index in [0.717, 1.165) is 0 Å². The number of nitrogens with zero attached hydrogens (tertiary/aromatic N) is 4. The zero-order valence-corrected chi connectivity index (χ0v) is 10.9. The number of benzene rings is 1.